The summed E-state index contributed by atoms with van der Waals surface area (Å²) in [5, 5.41) is 3.24. The van der Waals surface area contributed by atoms with Crippen molar-refractivity contribution in [2.75, 3.05) is 13.2 Å². The third-order valence-electron chi connectivity index (χ3n) is 6.58. The minimum Gasteiger partial charge on any atom is -0.368 e. The van der Waals surface area contributed by atoms with E-state index in [1.165, 1.54) is 11.3 Å². The van der Waals surface area contributed by atoms with Crippen molar-refractivity contribution < 1.29 is 19.1 Å². The van der Waals surface area contributed by atoms with E-state index in [1.54, 1.807) is 23.5 Å². The molecule has 168 valence electrons. The molecule has 2 saturated heterocycles. The fraction of sp³-hybridized carbons (Fsp3) is 0.545. The number of nitrogens with zero attached hydrogens (tertiary/aromatic N) is 4. The summed E-state index contributed by atoms with van der Waals surface area (Å²) in [6.45, 7) is 2.35. The molecular weight excluding hydrogens is 430 g/mol. The van der Waals surface area contributed by atoms with Gasteiger partial charge < -0.3 is 15.0 Å². The molecule has 32 heavy (non-hydrogen) atoms. The Hall–Kier alpha value is -2.72. The maximum absolute atomic E-state index is 13.5. The predicted molar refractivity (Wildman–Crippen MR) is 116 cm³/mol. The van der Waals surface area contributed by atoms with Gasteiger partial charge in [0, 0.05) is 30.7 Å². The lowest BCUT2D eigenvalue weighted by molar-refractivity contribution is -0.139. The molecule has 0 bridgehead atoms. The first-order chi connectivity index (χ1) is 15.5. The topological polar surface area (TPSA) is 114 Å². The molecular formula is C22H25N5O4S. The Balaban J connectivity index is 1.34. The third kappa shape index (κ3) is 3.93. The van der Waals surface area contributed by atoms with Crippen molar-refractivity contribution in [1.82, 2.24) is 25.2 Å². The second kappa shape index (κ2) is 8.67. The molecule has 5 rings (SSSR count). The molecule has 1 aliphatic carbocycles. The molecule has 1 N–H and O–H groups in total. The average molecular weight is 456 g/mol. The maximum Gasteiger partial charge on any atom is 0.280 e. The Bertz CT molecular complexity index is 1030. The number of amides is 2. The molecule has 0 radical (unpaired) electrons. The van der Waals surface area contributed by atoms with Crippen LogP contribution in [-0.2, 0) is 14.3 Å². The number of Topliss-reactive ketones (excluding diaryl/α,β-unsaturated/α-hetero) is 1. The van der Waals surface area contributed by atoms with E-state index < -0.39 is 12.1 Å². The van der Waals surface area contributed by atoms with E-state index in [0.29, 0.717) is 18.8 Å². The van der Waals surface area contributed by atoms with Crippen molar-refractivity contribution in [1.29, 1.82) is 0 Å². The monoisotopic (exact) mass is 455 g/mol. The lowest BCUT2D eigenvalue weighted by atomic mass is 9.96. The highest BCUT2D eigenvalue weighted by Crippen LogP contribution is 2.33. The van der Waals surface area contributed by atoms with Crippen molar-refractivity contribution in [2.24, 2.45) is 5.92 Å². The van der Waals surface area contributed by atoms with Crippen molar-refractivity contribution in [2.45, 2.75) is 57.2 Å². The normalized spacial score (nSPS) is 24.0. The van der Waals surface area contributed by atoms with Crippen LogP contribution in [0.3, 0.4) is 0 Å². The van der Waals surface area contributed by atoms with E-state index in [0.717, 1.165) is 36.1 Å². The first-order valence-corrected chi connectivity index (χ1v) is 11.8. The van der Waals surface area contributed by atoms with Crippen molar-refractivity contribution >= 4 is 28.9 Å². The zero-order valence-electron chi connectivity index (χ0n) is 17.8. The Morgan fingerprint density at radius 1 is 1.16 bits per heavy atom. The number of rotatable bonds is 5. The number of carbonyl (C=O) groups is 3. The predicted octanol–water partition coefficient (Wildman–Crippen LogP) is 1.77. The fourth-order valence-corrected chi connectivity index (χ4v) is 5.72. The number of hydrogen-bond acceptors (Lipinski definition) is 8. The maximum atomic E-state index is 13.5. The van der Waals surface area contributed by atoms with Gasteiger partial charge in [-0.25, -0.2) is 15.0 Å². The highest BCUT2D eigenvalue weighted by Gasteiger charge is 2.49. The number of ether oxygens (including phenoxy) is 1. The smallest absolute Gasteiger partial charge is 0.280 e. The minimum absolute atomic E-state index is 0.0535. The molecule has 2 amide bonds. The number of likely N-dealkylation sites (tertiary alicyclic amines) is 1. The Kier molecular flexibility index (Phi) is 5.73. The molecule has 3 aliphatic rings. The van der Waals surface area contributed by atoms with Gasteiger partial charge in [-0.05, 0) is 32.1 Å². The van der Waals surface area contributed by atoms with E-state index in [1.807, 2.05) is 6.92 Å². The summed E-state index contributed by atoms with van der Waals surface area (Å²) in [6, 6.07) is -1.18. The number of ketones is 1. The number of thiazole rings is 1. The zero-order chi connectivity index (χ0) is 22.2. The van der Waals surface area contributed by atoms with Crippen molar-refractivity contribution in [3.05, 3.63) is 29.4 Å². The first kappa shape index (κ1) is 21.1. The molecule has 4 heterocycles. The van der Waals surface area contributed by atoms with Gasteiger partial charge in [0.15, 0.2) is 10.8 Å². The highest BCUT2D eigenvalue weighted by atomic mass is 32.1. The van der Waals surface area contributed by atoms with Crippen LogP contribution in [0.2, 0.25) is 0 Å². The molecule has 2 aliphatic heterocycles. The van der Waals surface area contributed by atoms with E-state index in [2.05, 4.69) is 20.3 Å². The van der Waals surface area contributed by atoms with Crippen LogP contribution < -0.4 is 5.32 Å². The summed E-state index contributed by atoms with van der Waals surface area (Å²) in [5.41, 5.74) is 0.790. The molecule has 3 fully saturated rings. The molecule has 1 unspecified atom stereocenters. The Labute approximate surface area is 189 Å². The summed E-state index contributed by atoms with van der Waals surface area (Å²) < 4.78 is 5.53. The fourth-order valence-electron chi connectivity index (χ4n) is 4.93. The quantitative estimate of drug-likeness (QED) is 0.731. The van der Waals surface area contributed by atoms with Crippen LogP contribution in [0, 0.1) is 12.8 Å². The summed E-state index contributed by atoms with van der Waals surface area (Å²) >= 11 is 1.24. The van der Waals surface area contributed by atoms with Gasteiger partial charge in [-0.1, -0.05) is 12.8 Å². The van der Waals surface area contributed by atoms with Gasteiger partial charge in [0.1, 0.15) is 24.5 Å². The average Bonchev–Trinajstić information content (AvgIpc) is 3.58. The van der Waals surface area contributed by atoms with Gasteiger partial charge in [-0.15, -0.1) is 11.3 Å². The molecule has 0 aromatic carbocycles. The lowest BCUT2D eigenvalue weighted by Gasteiger charge is -2.30. The van der Waals surface area contributed by atoms with Crippen LogP contribution in [-0.4, -0.2) is 68.8 Å². The largest absolute Gasteiger partial charge is 0.368 e. The second-order valence-corrected chi connectivity index (χ2v) is 9.66. The van der Waals surface area contributed by atoms with Gasteiger partial charge in [-0.2, -0.15) is 0 Å². The van der Waals surface area contributed by atoms with Crippen LogP contribution in [0.4, 0.5) is 0 Å². The summed E-state index contributed by atoms with van der Waals surface area (Å²) in [4.78, 5) is 53.9. The van der Waals surface area contributed by atoms with Gasteiger partial charge in [0.25, 0.3) is 5.91 Å². The molecule has 2 aromatic heterocycles. The first-order valence-electron chi connectivity index (χ1n) is 11.0. The number of nitrogens with one attached hydrogen (secondary N) is 1. The van der Waals surface area contributed by atoms with Crippen LogP contribution >= 0.6 is 11.3 Å². The standard InChI is InChI=1S/C22H25N5O4S/c1-12-23-8-14(9-24-12)17-10-25-21(32-17)20(29)26-18(13-4-2-3-5-13)22(30)27-7-6-16-19(27)15(28)11-31-16/h8-10,13,16,18-19H,2-7,11H2,1H3,(H,26,29)/t16-,18?,19-/m1/s1. The molecule has 9 nitrogen and oxygen atoms in total. The van der Waals surface area contributed by atoms with Gasteiger partial charge >= 0.3 is 0 Å². The zero-order valence-corrected chi connectivity index (χ0v) is 18.6. The van der Waals surface area contributed by atoms with E-state index >= 15 is 0 Å². The van der Waals surface area contributed by atoms with Gasteiger partial charge in [0.2, 0.25) is 5.91 Å². The lowest BCUT2D eigenvalue weighted by Crippen LogP contribution is -2.54. The highest BCUT2D eigenvalue weighted by molar-refractivity contribution is 7.16. The summed E-state index contributed by atoms with van der Waals surface area (Å²) in [7, 11) is 0. The molecule has 10 heteroatoms. The SMILES string of the molecule is Cc1ncc(-c2cnc(C(=O)NC(C(=O)N3CC[C@H]4OCC(=O)[C@H]43)C3CCCC3)s2)cn1. The van der Waals surface area contributed by atoms with Crippen LogP contribution in [0.15, 0.2) is 18.6 Å². The summed E-state index contributed by atoms with van der Waals surface area (Å²) in [6.07, 6.45) is 9.30. The van der Waals surface area contributed by atoms with Gasteiger partial charge in [0.05, 0.1) is 11.0 Å². The van der Waals surface area contributed by atoms with Crippen LogP contribution in [0.1, 0.15) is 47.7 Å². The van der Waals surface area contributed by atoms with Crippen molar-refractivity contribution in [3.8, 4) is 10.4 Å². The second-order valence-electron chi connectivity index (χ2n) is 8.63. The number of hydrogen-bond donors (Lipinski definition) is 1. The van der Waals surface area contributed by atoms with E-state index in [9.17, 15) is 14.4 Å². The number of fused-ring (bicyclic) bond motifs is 1. The van der Waals surface area contributed by atoms with Crippen LogP contribution in [0.5, 0.6) is 0 Å². The van der Waals surface area contributed by atoms with E-state index in [4.69, 9.17) is 4.74 Å². The van der Waals surface area contributed by atoms with Gasteiger partial charge in [-0.3, -0.25) is 14.4 Å². The van der Waals surface area contributed by atoms with Crippen molar-refractivity contribution in [3.63, 3.8) is 0 Å². The molecule has 2 aromatic rings. The Morgan fingerprint density at radius 2 is 1.91 bits per heavy atom. The molecule has 3 atom stereocenters. The Morgan fingerprint density at radius 3 is 2.66 bits per heavy atom. The number of aromatic nitrogens is 3. The molecule has 1 saturated carbocycles. The molecule has 0 spiro atoms. The van der Waals surface area contributed by atoms with E-state index in [-0.39, 0.29) is 41.2 Å². The number of aryl methyl sites for hydroxylation is 1. The third-order valence-corrected chi connectivity index (χ3v) is 7.63. The number of carbonyl (C=O) groups excluding carboxylic acids is 3. The minimum atomic E-state index is -0.660. The van der Waals surface area contributed by atoms with Crippen LogP contribution in [0.25, 0.3) is 10.4 Å². The summed E-state index contributed by atoms with van der Waals surface area (Å²) in [5.74, 6) is 0.129.